The molecule has 0 saturated carbocycles. The molecule has 2 fully saturated rings. The molecule has 0 spiro atoms. The average Bonchev–Trinajstić information content (AvgIpc) is 1.07. The fraction of sp³-hybridized carbons (Fsp3) is 0.712. The van der Waals surface area contributed by atoms with Crippen LogP contribution in [0.2, 0.25) is 0 Å². The first-order valence-corrected chi connectivity index (χ1v) is 37.3. The maximum Gasteiger partial charge on any atom is 0.410 e. The van der Waals surface area contributed by atoms with Gasteiger partial charge in [0.25, 0.3) is 0 Å². The molecule has 3 rings (SSSR count). The Balaban J connectivity index is 2.36. The fourth-order valence-corrected chi connectivity index (χ4v) is 10.7. The summed E-state index contributed by atoms with van der Waals surface area (Å²) >= 11 is 0. The summed E-state index contributed by atoms with van der Waals surface area (Å²) in [6.07, 6.45) is -10.8. The van der Waals surface area contributed by atoms with E-state index in [1.54, 1.807) is 148 Å². The lowest BCUT2D eigenvalue weighted by Crippen LogP contribution is -2.64. The van der Waals surface area contributed by atoms with Crippen molar-refractivity contribution in [3.63, 3.8) is 0 Å². The van der Waals surface area contributed by atoms with Crippen molar-refractivity contribution in [2.45, 2.75) is 277 Å². The summed E-state index contributed by atoms with van der Waals surface area (Å²) in [5.41, 5.74) is -4.38. The van der Waals surface area contributed by atoms with Crippen molar-refractivity contribution >= 4 is 89.5 Å². The minimum atomic E-state index is -1.91. The van der Waals surface area contributed by atoms with Gasteiger partial charge >= 0.3 is 30.5 Å². The molecule has 12 atom stereocenters. The van der Waals surface area contributed by atoms with E-state index >= 15 is 19.2 Å². The van der Waals surface area contributed by atoms with Crippen molar-refractivity contribution in [3.8, 4) is 0 Å². The Bertz CT molecular complexity index is 3340. The lowest BCUT2D eigenvalue weighted by Gasteiger charge is -2.35. The summed E-state index contributed by atoms with van der Waals surface area (Å²) in [5.74, 6) is -11.2. The molecular formula is C73H122N16O22. The number of carbonyl (C=O) groups is 15. The van der Waals surface area contributed by atoms with Crippen LogP contribution < -0.4 is 79.8 Å². The zero-order chi connectivity index (χ0) is 84.1. The Labute approximate surface area is 648 Å². The van der Waals surface area contributed by atoms with Gasteiger partial charge in [-0.3, -0.25) is 47.9 Å². The first kappa shape index (κ1) is 95.4. The topological polar surface area (TPSA) is 526 Å². The predicted octanol–water partition coefficient (Wildman–Crippen LogP) is -0.212. The first-order chi connectivity index (χ1) is 51.3. The van der Waals surface area contributed by atoms with Gasteiger partial charge in [-0.15, -0.1) is 0 Å². The number of piperazine rings is 1. The third-order valence-corrected chi connectivity index (χ3v) is 15.8. The molecule has 15 amide bonds. The number of alkyl carbamates (subject to hydrolysis) is 4. The second-order valence-corrected chi connectivity index (χ2v) is 32.6. The smallest absolute Gasteiger partial charge is 0.410 e. The summed E-state index contributed by atoms with van der Waals surface area (Å²) in [5, 5.41) is 60.8. The molecule has 0 radical (unpaired) electrons. The van der Waals surface area contributed by atoms with Crippen LogP contribution in [0.4, 0.5) is 24.0 Å². The minimum Gasteiger partial charge on any atom is -0.444 e. The molecule has 38 heteroatoms. The SMILES string of the molecule is CC(C)C[C@@H]1NC(=O)[C@@H](Cc2ccccc2)NC(=O)[C@H](CCNC(=O)OC(C)(C)C)NC(=O)[C@@H](NC(=O)[C@H](CCNC(=O)OC(C)(C)C)NC(=O)[C@@H](NC(=O)C2CN(C(=O)OC(C)(C)C)CCN2)C(C)O)CCNC(=O)[C@H](C(C)O)NC(=O)[C@H](CCNC(=O)OC(C)(C)C)NC(=O)[C@H](CCNC(=O)OC(C)(C)C)NC1=O. The molecule has 17 N–H and O–H groups in total. The Hall–Kier alpha value is -9.85. The number of nitrogens with zero attached hydrogens (tertiary/aromatic N) is 1. The molecule has 1 aromatic rings. The van der Waals surface area contributed by atoms with E-state index in [4.69, 9.17) is 23.7 Å². The van der Waals surface area contributed by atoms with Crippen LogP contribution in [-0.4, -0.2) is 258 Å². The van der Waals surface area contributed by atoms with Crippen LogP contribution in [0.1, 0.15) is 176 Å². The fourth-order valence-electron chi connectivity index (χ4n) is 10.7. The molecule has 1 aromatic carbocycles. The number of ether oxygens (including phenoxy) is 5. The molecule has 2 aliphatic heterocycles. The highest BCUT2D eigenvalue weighted by Crippen LogP contribution is 2.17. The zero-order valence-electron chi connectivity index (χ0n) is 67.5. The van der Waals surface area contributed by atoms with E-state index in [1.165, 1.54) is 4.90 Å². The van der Waals surface area contributed by atoms with Gasteiger partial charge in [-0.05, 0) is 168 Å². The van der Waals surface area contributed by atoms with Crippen LogP contribution in [0.15, 0.2) is 30.3 Å². The maximum absolute atomic E-state index is 15.3. The second kappa shape index (κ2) is 43.7. The van der Waals surface area contributed by atoms with Gasteiger partial charge in [0.15, 0.2) is 0 Å². The maximum atomic E-state index is 15.3. The van der Waals surface area contributed by atoms with Crippen LogP contribution in [0.25, 0.3) is 0 Å². The van der Waals surface area contributed by atoms with Crippen LogP contribution in [0, 0.1) is 5.92 Å². The lowest BCUT2D eigenvalue weighted by atomic mass is 10.00. The second-order valence-electron chi connectivity index (χ2n) is 32.6. The van der Waals surface area contributed by atoms with E-state index in [0.717, 1.165) is 13.8 Å². The van der Waals surface area contributed by atoms with Crippen molar-refractivity contribution in [2.24, 2.45) is 5.92 Å². The van der Waals surface area contributed by atoms with Gasteiger partial charge in [-0.1, -0.05) is 44.2 Å². The zero-order valence-corrected chi connectivity index (χ0v) is 67.5. The Morgan fingerprint density at radius 2 is 0.910 bits per heavy atom. The molecule has 626 valence electrons. The Kier molecular flexibility index (Phi) is 37.5. The summed E-state index contributed by atoms with van der Waals surface area (Å²) in [6, 6.07) is -8.62. The molecule has 0 aliphatic carbocycles. The van der Waals surface area contributed by atoms with Gasteiger partial charge in [0.05, 0.1) is 12.2 Å². The van der Waals surface area contributed by atoms with E-state index in [2.05, 4.69) is 79.8 Å². The molecule has 2 heterocycles. The molecule has 0 aromatic heterocycles. The molecule has 2 saturated heterocycles. The van der Waals surface area contributed by atoms with Gasteiger partial charge in [-0.2, -0.15) is 0 Å². The molecular weight excluding hydrogens is 1450 g/mol. The largest absolute Gasteiger partial charge is 0.444 e. The highest BCUT2D eigenvalue weighted by atomic mass is 16.6. The van der Waals surface area contributed by atoms with Crippen LogP contribution in [0.3, 0.4) is 0 Å². The Morgan fingerprint density at radius 3 is 1.35 bits per heavy atom. The minimum absolute atomic E-state index is 0.112. The lowest BCUT2D eigenvalue weighted by molar-refractivity contribution is -0.136. The summed E-state index contributed by atoms with van der Waals surface area (Å²) in [6.45, 7) is 27.7. The number of rotatable bonds is 24. The van der Waals surface area contributed by atoms with Crippen LogP contribution >= 0.6 is 0 Å². The number of aliphatic hydroxyl groups is 2. The summed E-state index contributed by atoms with van der Waals surface area (Å²) in [4.78, 5) is 214. The normalized spacial score (nSPS) is 21.6. The number of nitrogens with one attached hydrogen (secondary N) is 15. The number of hydrogen-bond donors (Lipinski definition) is 17. The van der Waals surface area contributed by atoms with Crippen LogP contribution in [0.5, 0.6) is 0 Å². The summed E-state index contributed by atoms with van der Waals surface area (Å²) in [7, 11) is 0. The predicted molar refractivity (Wildman–Crippen MR) is 403 cm³/mol. The van der Waals surface area contributed by atoms with E-state index in [1.807, 2.05) is 0 Å². The first-order valence-electron chi connectivity index (χ1n) is 37.3. The Morgan fingerprint density at radius 1 is 0.495 bits per heavy atom. The van der Waals surface area contributed by atoms with Crippen molar-refractivity contribution in [1.82, 2.24) is 84.7 Å². The number of aliphatic hydroxyl groups excluding tert-OH is 2. The third kappa shape index (κ3) is 38.1. The monoisotopic (exact) mass is 1570 g/mol. The van der Waals surface area contributed by atoms with E-state index in [-0.39, 0.29) is 51.5 Å². The van der Waals surface area contributed by atoms with E-state index in [0.29, 0.717) is 5.56 Å². The quantitative estimate of drug-likeness (QED) is 0.0595. The number of hydrogen-bond acceptors (Lipinski definition) is 23. The van der Waals surface area contributed by atoms with Gasteiger partial charge in [0.2, 0.25) is 59.1 Å². The van der Waals surface area contributed by atoms with Gasteiger partial charge < -0.3 is 119 Å². The molecule has 38 nitrogen and oxygen atoms in total. The standard InChI is InChI=1S/C73H122N16O22/c1-40(2)37-49-59(97)83-45(26-31-76-64(102)107-69(5,6)7)55(93)82-48(29-34-79-67(105)110-72(14,15)16)58(96)87-52(41(3)90)62(100)75-30-25-44(54(92)81-46(27-32-77-65(103)108-70(8,9)10)57(95)86-50(60(98)85-49)38-43-23-21-20-22-24-43)80-56(94)47(28-33-78-66(104)109-71(11,12)13)84-63(101)53(42(4)91)88-61(99)51-39-89(36-35-74-51)68(106)111-73(17,18)19/h20-24,40-42,44-53,74,90-91H,25-39H2,1-19H3,(H,75,100)(H,76,102)(H,77,103)(H,78,104)(H,79,105)(H,80,94)(H,81,92)(H,82,93)(H,83,97)(H,84,101)(H,85,98)(H,86,95)(H,87,96)(H,88,99)/t41?,42?,44-,45-,46-,47-,48-,49-,50+,51?,52-,53-/m0/s1. The van der Waals surface area contributed by atoms with Crippen molar-refractivity contribution in [2.75, 3.05) is 52.4 Å². The summed E-state index contributed by atoms with van der Waals surface area (Å²) < 4.78 is 27.0. The van der Waals surface area contributed by atoms with Gasteiger partial charge in [-0.25, -0.2) is 24.0 Å². The average molecular weight is 1580 g/mol. The molecule has 3 unspecified atom stereocenters. The van der Waals surface area contributed by atoms with Crippen molar-refractivity contribution in [3.05, 3.63) is 35.9 Å². The van der Waals surface area contributed by atoms with Crippen LogP contribution in [-0.2, 0) is 78.1 Å². The number of amides is 15. The molecule has 2 aliphatic rings. The number of benzene rings is 1. The molecule has 111 heavy (non-hydrogen) atoms. The van der Waals surface area contributed by atoms with Crippen molar-refractivity contribution < 1.29 is 106 Å². The highest BCUT2D eigenvalue weighted by molar-refractivity contribution is 5.99. The number of carbonyl (C=O) groups excluding carboxylic acids is 15. The third-order valence-electron chi connectivity index (χ3n) is 15.8. The van der Waals surface area contributed by atoms with Gasteiger partial charge in [0.1, 0.15) is 88.4 Å². The van der Waals surface area contributed by atoms with Gasteiger partial charge in [0, 0.05) is 58.8 Å². The molecule has 0 bridgehead atoms. The van der Waals surface area contributed by atoms with E-state index in [9.17, 15) is 63.0 Å². The highest BCUT2D eigenvalue weighted by Gasteiger charge is 2.40. The van der Waals surface area contributed by atoms with E-state index < -0.39 is 242 Å². The van der Waals surface area contributed by atoms with Crippen molar-refractivity contribution in [1.29, 1.82) is 0 Å².